The third-order valence-electron chi connectivity index (χ3n) is 4.16. The molecule has 0 unspecified atom stereocenters. The Morgan fingerprint density at radius 3 is 2.62 bits per heavy atom. The molecule has 0 aliphatic carbocycles. The van der Waals surface area contributed by atoms with Crippen LogP contribution in [-0.4, -0.2) is 32.0 Å². The number of nitrogens with one attached hydrogen (secondary N) is 1. The first-order valence-electron chi connectivity index (χ1n) is 8.50. The van der Waals surface area contributed by atoms with Gasteiger partial charge in [-0.25, -0.2) is 15.0 Å². The summed E-state index contributed by atoms with van der Waals surface area (Å²) in [5.74, 6) is 0.452. The fourth-order valence-electron chi connectivity index (χ4n) is 2.84. The van der Waals surface area contributed by atoms with Crippen LogP contribution in [0, 0.1) is 13.8 Å². The number of carbonyl (C=O) groups is 1. The fraction of sp³-hybridized carbons (Fsp3) is 0.316. The van der Waals surface area contributed by atoms with Gasteiger partial charge in [0.25, 0.3) is 5.56 Å². The van der Waals surface area contributed by atoms with Crippen LogP contribution >= 0.6 is 0 Å². The van der Waals surface area contributed by atoms with E-state index in [0.717, 1.165) is 11.4 Å². The highest BCUT2D eigenvalue weighted by molar-refractivity contribution is 5.81. The van der Waals surface area contributed by atoms with Crippen LogP contribution in [0.15, 0.2) is 41.5 Å². The monoisotopic (exact) mass is 351 g/mol. The molecular weight excluding hydrogens is 330 g/mol. The van der Waals surface area contributed by atoms with Crippen molar-refractivity contribution in [3.8, 4) is 0 Å². The quantitative estimate of drug-likeness (QED) is 0.756. The first kappa shape index (κ1) is 17.7. The van der Waals surface area contributed by atoms with Gasteiger partial charge in [0, 0.05) is 24.4 Å². The Labute approximate surface area is 151 Å². The highest BCUT2D eigenvalue weighted by Gasteiger charge is 2.17. The van der Waals surface area contributed by atoms with E-state index in [4.69, 9.17) is 0 Å². The van der Waals surface area contributed by atoms with Crippen LogP contribution in [0.4, 0.5) is 0 Å². The van der Waals surface area contributed by atoms with Crippen molar-refractivity contribution in [1.82, 2.24) is 24.8 Å². The van der Waals surface area contributed by atoms with E-state index < -0.39 is 6.04 Å². The minimum absolute atomic E-state index is 0.226. The van der Waals surface area contributed by atoms with Gasteiger partial charge < -0.3 is 5.32 Å². The number of hydrogen-bond donors (Lipinski definition) is 1. The number of aromatic nitrogens is 4. The van der Waals surface area contributed by atoms with Crippen LogP contribution in [0.1, 0.15) is 30.2 Å². The van der Waals surface area contributed by atoms with E-state index in [9.17, 15) is 9.59 Å². The molecule has 1 aromatic carbocycles. The maximum Gasteiger partial charge on any atom is 0.261 e. The lowest BCUT2D eigenvalue weighted by Crippen LogP contribution is -2.37. The minimum Gasteiger partial charge on any atom is -0.354 e. The Balaban J connectivity index is 1.68. The van der Waals surface area contributed by atoms with E-state index >= 15 is 0 Å². The molecule has 0 spiro atoms. The minimum atomic E-state index is -0.653. The maximum absolute atomic E-state index is 12.6. The molecule has 0 saturated heterocycles. The summed E-state index contributed by atoms with van der Waals surface area (Å²) in [6.45, 7) is 5.91. The van der Waals surface area contributed by atoms with E-state index in [1.165, 1.54) is 10.9 Å². The largest absolute Gasteiger partial charge is 0.354 e. The van der Waals surface area contributed by atoms with Crippen LogP contribution in [0.3, 0.4) is 0 Å². The molecule has 0 saturated carbocycles. The van der Waals surface area contributed by atoms with E-state index in [1.807, 2.05) is 26.0 Å². The fourth-order valence-corrected chi connectivity index (χ4v) is 2.84. The van der Waals surface area contributed by atoms with Gasteiger partial charge in [0.2, 0.25) is 5.91 Å². The zero-order valence-corrected chi connectivity index (χ0v) is 15.1. The molecule has 2 aromatic heterocycles. The standard InChI is InChI=1S/C19H21N5O2/c1-12-10-13(2)23-17(22-12)8-9-20-18(25)14(3)24-11-21-16-7-5-4-6-15(16)19(24)26/h4-7,10-11,14H,8-9H2,1-3H3,(H,20,25)/t14-/m1/s1. The van der Waals surface area contributed by atoms with Gasteiger partial charge >= 0.3 is 0 Å². The molecule has 134 valence electrons. The van der Waals surface area contributed by atoms with Crippen molar-refractivity contribution in [2.75, 3.05) is 6.54 Å². The van der Waals surface area contributed by atoms with Gasteiger partial charge in [-0.2, -0.15) is 0 Å². The second-order valence-corrected chi connectivity index (χ2v) is 6.26. The molecular formula is C19H21N5O2. The second kappa shape index (κ2) is 7.43. The highest BCUT2D eigenvalue weighted by atomic mass is 16.2. The number of carbonyl (C=O) groups excluding carboxylic acids is 1. The Kier molecular flexibility index (Phi) is 5.06. The lowest BCUT2D eigenvalue weighted by Gasteiger charge is -2.15. The first-order valence-corrected chi connectivity index (χ1v) is 8.50. The molecule has 2 heterocycles. The third kappa shape index (κ3) is 3.77. The molecule has 0 fully saturated rings. The number of amides is 1. The van der Waals surface area contributed by atoms with Crippen molar-refractivity contribution in [2.45, 2.75) is 33.2 Å². The smallest absolute Gasteiger partial charge is 0.261 e. The summed E-state index contributed by atoms with van der Waals surface area (Å²) in [4.78, 5) is 37.9. The lowest BCUT2D eigenvalue weighted by molar-refractivity contribution is -0.123. The number of rotatable bonds is 5. The summed E-state index contributed by atoms with van der Waals surface area (Å²) in [6.07, 6.45) is 1.95. The topological polar surface area (TPSA) is 89.8 Å². The van der Waals surface area contributed by atoms with Crippen LogP contribution in [0.5, 0.6) is 0 Å². The van der Waals surface area contributed by atoms with E-state index in [-0.39, 0.29) is 11.5 Å². The number of fused-ring (bicyclic) bond motifs is 1. The Morgan fingerprint density at radius 2 is 1.88 bits per heavy atom. The number of nitrogens with zero attached hydrogens (tertiary/aromatic N) is 4. The molecule has 7 heteroatoms. The average Bonchev–Trinajstić information content (AvgIpc) is 2.61. The zero-order chi connectivity index (χ0) is 18.7. The molecule has 26 heavy (non-hydrogen) atoms. The summed E-state index contributed by atoms with van der Waals surface area (Å²) < 4.78 is 1.35. The molecule has 1 N–H and O–H groups in total. The van der Waals surface area contributed by atoms with E-state index in [2.05, 4.69) is 20.3 Å². The molecule has 3 aromatic rings. The molecule has 7 nitrogen and oxygen atoms in total. The van der Waals surface area contributed by atoms with Crippen molar-refractivity contribution in [2.24, 2.45) is 0 Å². The number of aryl methyl sites for hydroxylation is 2. The summed E-state index contributed by atoms with van der Waals surface area (Å²) >= 11 is 0. The Morgan fingerprint density at radius 1 is 1.19 bits per heavy atom. The van der Waals surface area contributed by atoms with E-state index in [0.29, 0.717) is 29.7 Å². The number of benzene rings is 1. The molecule has 1 atom stereocenters. The number of para-hydroxylation sites is 1. The Hall–Kier alpha value is -3.09. The molecule has 0 bridgehead atoms. The van der Waals surface area contributed by atoms with Gasteiger partial charge in [-0.05, 0) is 39.0 Å². The van der Waals surface area contributed by atoms with Crippen LogP contribution < -0.4 is 10.9 Å². The van der Waals surface area contributed by atoms with Gasteiger partial charge in [-0.1, -0.05) is 12.1 Å². The van der Waals surface area contributed by atoms with Crippen LogP contribution in [0.25, 0.3) is 10.9 Å². The van der Waals surface area contributed by atoms with Gasteiger partial charge in [0.1, 0.15) is 11.9 Å². The molecule has 0 aliphatic heterocycles. The normalized spacial score (nSPS) is 12.1. The lowest BCUT2D eigenvalue weighted by atomic mass is 10.2. The SMILES string of the molecule is Cc1cc(C)nc(CCNC(=O)[C@@H](C)n2cnc3ccccc3c2=O)n1. The van der Waals surface area contributed by atoms with Crippen molar-refractivity contribution in [3.63, 3.8) is 0 Å². The third-order valence-corrected chi connectivity index (χ3v) is 4.16. The summed E-state index contributed by atoms with van der Waals surface area (Å²) in [7, 11) is 0. The number of hydrogen-bond acceptors (Lipinski definition) is 5. The zero-order valence-electron chi connectivity index (χ0n) is 15.1. The molecule has 0 radical (unpaired) electrons. The van der Waals surface area contributed by atoms with Crippen molar-refractivity contribution in [3.05, 3.63) is 64.2 Å². The summed E-state index contributed by atoms with van der Waals surface area (Å²) in [5, 5.41) is 3.34. The van der Waals surface area contributed by atoms with Gasteiger partial charge in [-0.3, -0.25) is 14.2 Å². The molecule has 1 amide bonds. The summed E-state index contributed by atoms with van der Waals surface area (Å²) in [5.41, 5.74) is 2.20. The van der Waals surface area contributed by atoms with Gasteiger partial charge in [0.05, 0.1) is 17.2 Å². The molecule has 0 aliphatic rings. The first-order chi connectivity index (χ1) is 12.5. The second-order valence-electron chi connectivity index (χ2n) is 6.26. The average molecular weight is 351 g/mol. The van der Waals surface area contributed by atoms with Crippen LogP contribution in [-0.2, 0) is 11.2 Å². The van der Waals surface area contributed by atoms with Gasteiger partial charge in [-0.15, -0.1) is 0 Å². The van der Waals surface area contributed by atoms with Crippen molar-refractivity contribution >= 4 is 16.8 Å². The predicted octanol–water partition coefficient (Wildman–Crippen LogP) is 1.72. The van der Waals surface area contributed by atoms with E-state index in [1.54, 1.807) is 25.1 Å². The van der Waals surface area contributed by atoms with Crippen LogP contribution in [0.2, 0.25) is 0 Å². The Bertz CT molecular complexity index is 992. The highest BCUT2D eigenvalue weighted by Crippen LogP contribution is 2.08. The summed E-state index contributed by atoms with van der Waals surface area (Å²) in [6, 6.07) is 8.34. The van der Waals surface area contributed by atoms with Crippen molar-refractivity contribution < 1.29 is 4.79 Å². The maximum atomic E-state index is 12.6. The predicted molar refractivity (Wildman–Crippen MR) is 98.9 cm³/mol. The van der Waals surface area contributed by atoms with Gasteiger partial charge in [0.15, 0.2) is 0 Å². The molecule has 3 rings (SSSR count). The van der Waals surface area contributed by atoms with Crippen molar-refractivity contribution in [1.29, 1.82) is 0 Å².